The van der Waals surface area contributed by atoms with Crippen LogP contribution in [-0.2, 0) is 4.74 Å². The largest absolute Gasteiger partial charge is 0.383 e. The number of hydrogen-bond acceptors (Lipinski definition) is 5. The number of piperidine rings is 1. The van der Waals surface area contributed by atoms with Crippen LogP contribution >= 0.6 is 0 Å². The lowest BCUT2D eigenvalue weighted by Crippen LogP contribution is -2.40. The third-order valence-corrected chi connectivity index (χ3v) is 6.39. The molecule has 5 rings (SSSR count). The molecule has 0 radical (unpaired) electrons. The molecule has 1 aromatic carbocycles. The second-order valence-corrected chi connectivity index (χ2v) is 8.51. The predicted octanol–water partition coefficient (Wildman–Crippen LogP) is 2.94. The van der Waals surface area contributed by atoms with E-state index in [9.17, 15) is 4.79 Å². The summed E-state index contributed by atoms with van der Waals surface area (Å²) < 4.78 is 9.00. The highest BCUT2D eigenvalue weighted by Crippen LogP contribution is 2.31. The maximum absolute atomic E-state index is 13.0. The Balaban J connectivity index is 1.55. The maximum Gasteiger partial charge on any atom is 0.326 e. The number of aryl methyl sites for hydroxylation is 2. The fourth-order valence-corrected chi connectivity index (χ4v) is 4.86. The number of aromatic nitrogens is 5. The summed E-state index contributed by atoms with van der Waals surface area (Å²) in [4.78, 5) is 22.7. The maximum atomic E-state index is 13.0. The van der Waals surface area contributed by atoms with Crippen molar-refractivity contribution < 1.29 is 4.74 Å². The average molecular weight is 421 g/mol. The lowest BCUT2D eigenvalue weighted by atomic mass is 9.99. The van der Waals surface area contributed by atoms with Crippen LogP contribution in [0.15, 0.2) is 35.5 Å². The van der Waals surface area contributed by atoms with Crippen LogP contribution in [0.5, 0.6) is 0 Å². The number of pyridine rings is 1. The molecular formula is C23H28N6O2. The summed E-state index contributed by atoms with van der Waals surface area (Å²) in [6.07, 6.45) is 5.66. The van der Waals surface area contributed by atoms with Gasteiger partial charge in [0.1, 0.15) is 6.33 Å². The van der Waals surface area contributed by atoms with Crippen LogP contribution in [0, 0.1) is 13.8 Å². The van der Waals surface area contributed by atoms with E-state index in [4.69, 9.17) is 4.74 Å². The number of nitrogens with zero attached hydrogens (tertiary/aromatic N) is 5. The molecule has 1 unspecified atom stereocenters. The van der Waals surface area contributed by atoms with Gasteiger partial charge in [0.15, 0.2) is 5.65 Å². The normalized spacial score (nSPS) is 17.7. The molecule has 1 fully saturated rings. The lowest BCUT2D eigenvalue weighted by Gasteiger charge is -2.33. The van der Waals surface area contributed by atoms with Gasteiger partial charge in [-0.2, -0.15) is 5.10 Å². The van der Waals surface area contributed by atoms with Crippen LogP contribution < -0.4 is 5.69 Å². The van der Waals surface area contributed by atoms with Gasteiger partial charge < -0.3 is 9.72 Å². The first-order valence-electron chi connectivity index (χ1n) is 10.8. The molecule has 0 amide bonds. The van der Waals surface area contributed by atoms with Gasteiger partial charge in [-0.1, -0.05) is 0 Å². The van der Waals surface area contributed by atoms with E-state index in [0.717, 1.165) is 71.4 Å². The number of aromatic amines is 1. The van der Waals surface area contributed by atoms with Crippen LogP contribution in [0.1, 0.15) is 30.0 Å². The van der Waals surface area contributed by atoms with Crippen molar-refractivity contribution in [1.29, 1.82) is 0 Å². The van der Waals surface area contributed by atoms with Gasteiger partial charge in [-0.05, 0) is 68.1 Å². The standard InChI is InChI=1S/C23H28N6O2/c1-15-10-21-20(11-19(15)17-9-16(2)22-24-14-25-28(22)12-17)26-23(30)29(21)18-5-4-6-27(13-18)7-8-31-3/h9-12,14,18H,4-8,13H2,1-3H3,(H,26,30). The predicted molar refractivity (Wildman–Crippen MR) is 121 cm³/mol. The Hall–Kier alpha value is -2.97. The smallest absolute Gasteiger partial charge is 0.326 e. The first-order chi connectivity index (χ1) is 15.0. The number of rotatable bonds is 5. The average Bonchev–Trinajstić information content (AvgIpc) is 3.35. The van der Waals surface area contributed by atoms with Crippen molar-refractivity contribution in [3.63, 3.8) is 0 Å². The highest BCUT2D eigenvalue weighted by atomic mass is 16.5. The Morgan fingerprint density at radius 1 is 1.23 bits per heavy atom. The number of hydrogen-bond donors (Lipinski definition) is 1. The number of H-pyrrole nitrogens is 1. The van der Waals surface area contributed by atoms with Gasteiger partial charge in [-0.3, -0.25) is 9.47 Å². The zero-order valence-electron chi connectivity index (χ0n) is 18.3. The van der Waals surface area contributed by atoms with Crippen molar-refractivity contribution in [2.75, 3.05) is 33.4 Å². The molecule has 162 valence electrons. The molecular weight excluding hydrogens is 392 g/mol. The zero-order valence-corrected chi connectivity index (χ0v) is 18.3. The van der Waals surface area contributed by atoms with Crippen LogP contribution in [-0.4, -0.2) is 62.4 Å². The molecule has 1 N–H and O–H groups in total. The lowest BCUT2D eigenvalue weighted by molar-refractivity contribution is 0.117. The Morgan fingerprint density at radius 3 is 2.94 bits per heavy atom. The van der Waals surface area contributed by atoms with Crippen molar-refractivity contribution in [3.8, 4) is 11.1 Å². The molecule has 0 aliphatic carbocycles. The first-order valence-corrected chi connectivity index (χ1v) is 10.8. The summed E-state index contributed by atoms with van der Waals surface area (Å²) in [5, 5.41) is 4.30. The Morgan fingerprint density at radius 2 is 2.10 bits per heavy atom. The van der Waals surface area contributed by atoms with E-state index in [2.05, 4.69) is 45.1 Å². The van der Waals surface area contributed by atoms with E-state index in [0.29, 0.717) is 6.61 Å². The number of benzene rings is 1. The molecule has 31 heavy (non-hydrogen) atoms. The highest BCUT2D eigenvalue weighted by molar-refractivity contribution is 5.84. The minimum Gasteiger partial charge on any atom is -0.383 e. The molecule has 0 spiro atoms. The summed E-state index contributed by atoms with van der Waals surface area (Å²) in [5.41, 5.74) is 7.02. The van der Waals surface area contributed by atoms with Crippen molar-refractivity contribution in [3.05, 3.63) is 52.3 Å². The summed E-state index contributed by atoms with van der Waals surface area (Å²) in [5.74, 6) is 0. The fraction of sp³-hybridized carbons (Fsp3) is 0.435. The van der Waals surface area contributed by atoms with Crippen LogP contribution in [0.25, 0.3) is 27.8 Å². The van der Waals surface area contributed by atoms with E-state index in [1.54, 1.807) is 18.0 Å². The number of imidazole rings is 1. The molecule has 3 aromatic heterocycles. The summed E-state index contributed by atoms with van der Waals surface area (Å²) >= 11 is 0. The molecule has 8 nitrogen and oxygen atoms in total. The third-order valence-electron chi connectivity index (χ3n) is 6.39. The van der Waals surface area contributed by atoms with E-state index < -0.39 is 0 Å². The van der Waals surface area contributed by atoms with E-state index in [-0.39, 0.29) is 11.7 Å². The van der Waals surface area contributed by atoms with Crippen molar-refractivity contribution in [1.82, 2.24) is 29.0 Å². The van der Waals surface area contributed by atoms with E-state index in [1.165, 1.54) is 0 Å². The van der Waals surface area contributed by atoms with Gasteiger partial charge in [-0.15, -0.1) is 0 Å². The van der Waals surface area contributed by atoms with Gasteiger partial charge in [0, 0.05) is 32.0 Å². The molecule has 1 aliphatic heterocycles. The molecule has 0 bridgehead atoms. The van der Waals surface area contributed by atoms with Gasteiger partial charge >= 0.3 is 5.69 Å². The molecule has 1 saturated heterocycles. The summed E-state index contributed by atoms with van der Waals surface area (Å²) in [6, 6.07) is 6.52. The van der Waals surface area contributed by atoms with Crippen LogP contribution in [0.3, 0.4) is 0 Å². The van der Waals surface area contributed by atoms with Gasteiger partial charge in [-0.25, -0.2) is 14.3 Å². The fourth-order valence-electron chi connectivity index (χ4n) is 4.86. The monoisotopic (exact) mass is 420 g/mol. The summed E-state index contributed by atoms with van der Waals surface area (Å²) in [6.45, 7) is 7.69. The Bertz CT molecular complexity index is 1300. The Kier molecular flexibility index (Phi) is 5.11. The number of methoxy groups -OCH3 is 1. The third kappa shape index (κ3) is 3.55. The van der Waals surface area contributed by atoms with Crippen LogP contribution in [0.4, 0.5) is 0 Å². The van der Waals surface area contributed by atoms with Gasteiger partial charge in [0.25, 0.3) is 0 Å². The minimum absolute atomic E-state index is 0.0342. The van der Waals surface area contributed by atoms with Crippen molar-refractivity contribution in [2.45, 2.75) is 32.7 Å². The molecule has 8 heteroatoms. The van der Waals surface area contributed by atoms with Crippen LogP contribution in [0.2, 0.25) is 0 Å². The first kappa shape index (κ1) is 20.0. The van der Waals surface area contributed by atoms with E-state index >= 15 is 0 Å². The van der Waals surface area contributed by atoms with Crippen molar-refractivity contribution >= 4 is 16.7 Å². The van der Waals surface area contributed by atoms with Crippen molar-refractivity contribution in [2.24, 2.45) is 0 Å². The second kappa shape index (κ2) is 7.94. The number of fused-ring (bicyclic) bond motifs is 2. The summed E-state index contributed by atoms with van der Waals surface area (Å²) in [7, 11) is 1.73. The van der Waals surface area contributed by atoms with Gasteiger partial charge in [0.05, 0.1) is 23.7 Å². The van der Waals surface area contributed by atoms with E-state index in [1.807, 2.05) is 17.7 Å². The second-order valence-electron chi connectivity index (χ2n) is 8.51. The molecule has 4 heterocycles. The minimum atomic E-state index is -0.0342. The Labute approximate surface area is 180 Å². The molecule has 1 aliphatic rings. The zero-order chi connectivity index (χ0) is 21.5. The topological polar surface area (TPSA) is 80.4 Å². The SMILES string of the molecule is COCCN1CCCC(n2c(=O)[nH]c3cc(-c4cc(C)c5ncnn5c4)c(C)cc32)C1. The quantitative estimate of drug-likeness (QED) is 0.537. The molecule has 1 atom stereocenters. The number of nitrogens with one attached hydrogen (secondary N) is 1. The van der Waals surface area contributed by atoms with Gasteiger partial charge in [0.2, 0.25) is 0 Å². The number of ether oxygens (including phenoxy) is 1. The highest BCUT2D eigenvalue weighted by Gasteiger charge is 2.24. The molecule has 4 aromatic rings. The molecule has 0 saturated carbocycles. The number of likely N-dealkylation sites (tertiary alicyclic amines) is 1.